The monoisotopic (exact) mass is 209 g/mol. The predicted octanol–water partition coefficient (Wildman–Crippen LogP) is -0.826. The maximum atomic E-state index is 11.5. The highest BCUT2D eigenvalue weighted by Gasteiger charge is 2.19. The molecule has 7 nitrogen and oxygen atoms in total. The molecule has 0 saturated carbocycles. The third kappa shape index (κ3) is 1.51. The minimum absolute atomic E-state index is 0.174. The van der Waals surface area contributed by atoms with Gasteiger partial charge in [-0.1, -0.05) is 10.1 Å². The van der Waals surface area contributed by atoms with Crippen LogP contribution in [0.4, 0.5) is 0 Å². The van der Waals surface area contributed by atoms with E-state index in [4.69, 9.17) is 0 Å². The van der Waals surface area contributed by atoms with Crippen molar-refractivity contribution in [3.05, 3.63) is 23.2 Å². The van der Waals surface area contributed by atoms with Crippen molar-refractivity contribution in [1.82, 2.24) is 25.5 Å². The highest BCUT2D eigenvalue weighted by molar-refractivity contribution is 5.65. The Kier molecular flexibility index (Phi) is 2.48. The summed E-state index contributed by atoms with van der Waals surface area (Å²) in [4.78, 5) is 15.5. The normalized spacial score (nSPS) is 11.4. The lowest BCUT2D eigenvalue weighted by Crippen LogP contribution is -2.36. The Labute approximate surface area is 85.7 Å². The second-order valence-electron chi connectivity index (χ2n) is 3.09. The number of fused-ring (bicyclic) bond motifs is 1. The summed E-state index contributed by atoms with van der Waals surface area (Å²) >= 11 is 0. The van der Waals surface area contributed by atoms with Crippen molar-refractivity contribution in [2.24, 2.45) is 0 Å². The molecule has 80 valence electrons. The first-order chi connectivity index (χ1) is 7.27. The molecule has 2 rings (SSSR count). The topological polar surface area (TPSA) is 80.6 Å². The maximum absolute atomic E-state index is 11.5. The summed E-state index contributed by atoms with van der Waals surface area (Å²) in [5, 5.41) is 8.67. The lowest BCUT2D eigenvalue weighted by molar-refractivity contribution is -0.543. The molecule has 0 saturated heterocycles. The summed E-state index contributed by atoms with van der Waals surface area (Å²) in [7, 11) is 3.60. The van der Waals surface area contributed by atoms with Gasteiger partial charge in [0.15, 0.2) is 0 Å². The van der Waals surface area contributed by atoms with Crippen LogP contribution < -0.4 is 15.2 Å². The van der Waals surface area contributed by atoms with Crippen LogP contribution in [0.3, 0.4) is 0 Å². The van der Waals surface area contributed by atoms with Crippen LogP contribution >= 0.6 is 0 Å². The first kappa shape index (κ1) is 9.81. The SMILES string of the molecule is CNC(NC)n1[nH][n+](=O)c2ncccc21. The maximum Gasteiger partial charge on any atom is 0.367 e. The Balaban J connectivity index is 2.66. The minimum atomic E-state index is -0.174. The van der Waals surface area contributed by atoms with Gasteiger partial charge in [0, 0.05) is 0 Å². The Morgan fingerprint density at radius 1 is 1.53 bits per heavy atom. The fourth-order valence-corrected chi connectivity index (χ4v) is 1.53. The molecule has 0 spiro atoms. The van der Waals surface area contributed by atoms with Gasteiger partial charge < -0.3 is 0 Å². The summed E-state index contributed by atoms with van der Waals surface area (Å²) in [6, 6.07) is 3.62. The van der Waals surface area contributed by atoms with Crippen molar-refractivity contribution >= 4 is 11.2 Å². The van der Waals surface area contributed by atoms with E-state index in [1.807, 2.05) is 6.07 Å². The molecule has 0 amide bonds. The van der Waals surface area contributed by atoms with E-state index < -0.39 is 0 Å². The minimum Gasteiger partial charge on any atom is -0.274 e. The summed E-state index contributed by atoms with van der Waals surface area (Å²) in [6.07, 6.45) is 1.41. The quantitative estimate of drug-likeness (QED) is 0.455. The molecule has 0 radical (unpaired) electrons. The molecule has 0 fully saturated rings. The molecule has 2 heterocycles. The van der Waals surface area contributed by atoms with Crippen LogP contribution in [-0.2, 0) is 0 Å². The molecule has 2 aromatic rings. The number of nitrogens with one attached hydrogen (secondary N) is 3. The van der Waals surface area contributed by atoms with Gasteiger partial charge in [0.2, 0.25) is 11.8 Å². The first-order valence-electron chi connectivity index (χ1n) is 4.60. The van der Waals surface area contributed by atoms with Gasteiger partial charge >= 0.3 is 5.65 Å². The summed E-state index contributed by atoms with van der Waals surface area (Å²) in [5.41, 5.74) is 1.11. The highest BCUT2D eigenvalue weighted by Crippen LogP contribution is 2.07. The van der Waals surface area contributed by atoms with E-state index in [0.29, 0.717) is 10.2 Å². The van der Waals surface area contributed by atoms with Crippen molar-refractivity contribution in [2.45, 2.75) is 6.29 Å². The van der Waals surface area contributed by atoms with Gasteiger partial charge in [0.25, 0.3) is 0 Å². The molecule has 0 aromatic carbocycles. The predicted molar refractivity (Wildman–Crippen MR) is 54.6 cm³/mol. The number of H-pyrrole nitrogens is 1. The van der Waals surface area contributed by atoms with Crippen LogP contribution in [0.5, 0.6) is 0 Å². The summed E-state index contributed by atoms with van der Waals surface area (Å²) in [5.74, 6) is 0. The van der Waals surface area contributed by atoms with E-state index in [0.717, 1.165) is 5.52 Å². The van der Waals surface area contributed by atoms with Crippen molar-refractivity contribution < 1.29 is 4.54 Å². The van der Waals surface area contributed by atoms with Crippen LogP contribution in [-0.4, -0.2) is 29.0 Å². The van der Waals surface area contributed by atoms with Gasteiger partial charge in [-0.25, -0.2) is 0 Å². The zero-order chi connectivity index (χ0) is 10.8. The summed E-state index contributed by atoms with van der Waals surface area (Å²) < 4.78 is 2.31. The lowest BCUT2D eigenvalue weighted by Gasteiger charge is -2.11. The van der Waals surface area contributed by atoms with Crippen molar-refractivity contribution in [3.63, 3.8) is 0 Å². The number of aromatic amines is 1. The van der Waals surface area contributed by atoms with Gasteiger partial charge in [-0.3, -0.25) is 10.6 Å². The van der Waals surface area contributed by atoms with E-state index in [1.54, 1.807) is 31.0 Å². The van der Waals surface area contributed by atoms with Gasteiger partial charge in [0.1, 0.15) is 6.20 Å². The second-order valence-corrected chi connectivity index (χ2v) is 3.09. The van der Waals surface area contributed by atoms with Crippen LogP contribution in [0.2, 0.25) is 0 Å². The van der Waals surface area contributed by atoms with Crippen LogP contribution in [0.25, 0.3) is 11.2 Å². The molecule has 15 heavy (non-hydrogen) atoms. The lowest BCUT2D eigenvalue weighted by atomic mass is 10.4. The molecule has 3 N–H and O–H groups in total. The molecule has 0 unspecified atom stereocenters. The molecule has 0 aliphatic carbocycles. The smallest absolute Gasteiger partial charge is 0.274 e. The number of aromatic nitrogens is 4. The van der Waals surface area contributed by atoms with Crippen LogP contribution in [0, 0.1) is 4.91 Å². The van der Waals surface area contributed by atoms with E-state index in [1.165, 1.54) is 0 Å². The van der Waals surface area contributed by atoms with Crippen molar-refractivity contribution in [3.8, 4) is 0 Å². The number of hydrogen-bond donors (Lipinski definition) is 3. The third-order valence-corrected chi connectivity index (χ3v) is 2.22. The van der Waals surface area contributed by atoms with E-state index in [9.17, 15) is 4.91 Å². The standard InChI is InChI=1S/C8H13N6O/c1-9-8(10-2)13-6-4-3-5-11-7(6)14(15)12-13/h3-5,8-10H,1-2H3,(H,12,15)/q+1. The van der Waals surface area contributed by atoms with Gasteiger partial charge in [-0.05, 0) is 26.2 Å². The number of pyridine rings is 1. The number of nitrogens with zero attached hydrogens (tertiary/aromatic N) is 3. The van der Waals surface area contributed by atoms with Crippen LogP contribution in [0.15, 0.2) is 18.3 Å². The van der Waals surface area contributed by atoms with E-state index in [2.05, 4.69) is 20.8 Å². The van der Waals surface area contributed by atoms with Crippen LogP contribution in [0.1, 0.15) is 6.29 Å². The molecular weight excluding hydrogens is 196 g/mol. The molecule has 0 aliphatic heterocycles. The summed E-state index contributed by atoms with van der Waals surface area (Å²) in [6.45, 7) is 0. The average molecular weight is 209 g/mol. The first-order valence-corrected chi connectivity index (χ1v) is 4.60. The molecule has 2 aromatic heterocycles. The average Bonchev–Trinajstić information content (AvgIpc) is 2.60. The second kappa shape index (κ2) is 3.79. The molecule has 0 atom stereocenters. The highest BCUT2D eigenvalue weighted by atomic mass is 16.3. The molecule has 7 heteroatoms. The Morgan fingerprint density at radius 3 is 2.93 bits per heavy atom. The zero-order valence-electron chi connectivity index (χ0n) is 8.56. The Morgan fingerprint density at radius 2 is 2.27 bits per heavy atom. The van der Waals surface area contributed by atoms with E-state index >= 15 is 0 Å². The number of hydrogen-bond acceptors (Lipinski definition) is 4. The zero-order valence-corrected chi connectivity index (χ0v) is 8.56. The Bertz CT molecular complexity index is 511. The Hall–Kier alpha value is -1.73. The largest absolute Gasteiger partial charge is 0.367 e. The van der Waals surface area contributed by atoms with Crippen molar-refractivity contribution in [1.29, 1.82) is 0 Å². The molecule has 0 bridgehead atoms. The van der Waals surface area contributed by atoms with Gasteiger partial charge in [-0.2, -0.15) is 4.68 Å². The van der Waals surface area contributed by atoms with Gasteiger partial charge in [-0.15, -0.1) is 4.98 Å². The van der Waals surface area contributed by atoms with Gasteiger partial charge in [0.05, 0.1) is 4.54 Å². The fraction of sp³-hybridized carbons (Fsp3) is 0.375. The van der Waals surface area contributed by atoms with Crippen molar-refractivity contribution in [2.75, 3.05) is 14.1 Å². The molecular formula is C8H13N6O+. The molecule has 0 aliphatic rings. The van der Waals surface area contributed by atoms with E-state index in [-0.39, 0.29) is 6.29 Å². The number of rotatable bonds is 3. The third-order valence-electron chi connectivity index (χ3n) is 2.22. The fourth-order valence-electron chi connectivity index (χ4n) is 1.53.